The maximum atomic E-state index is 11.2. The van der Waals surface area contributed by atoms with Crippen molar-refractivity contribution in [1.29, 1.82) is 0 Å². The highest BCUT2D eigenvalue weighted by atomic mass is 35.5. The number of benzene rings is 1. The first kappa shape index (κ1) is 18.2. The number of nitrogens with one attached hydrogen (secondary N) is 1. The summed E-state index contributed by atoms with van der Waals surface area (Å²) < 4.78 is 0. The predicted molar refractivity (Wildman–Crippen MR) is 87.5 cm³/mol. The molecule has 5 nitrogen and oxygen atoms in total. The van der Waals surface area contributed by atoms with Gasteiger partial charge >= 0.3 is 0 Å². The molecular weight excluding hydrogens is 313 g/mol. The molecule has 1 aliphatic carbocycles. The second-order valence-corrected chi connectivity index (χ2v) is 5.38. The van der Waals surface area contributed by atoms with Crippen molar-refractivity contribution in [2.45, 2.75) is 18.9 Å². The van der Waals surface area contributed by atoms with Crippen LogP contribution in [-0.4, -0.2) is 36.0 Å². The summed E-state index contributed by atoms with van der Waals surface area (Å²) in [5.41, 5.74) is 1.18. The number of nitro groups is 1. The van der Waals surface area contributed by atoms with Crippen molar-refractivity contribution in [3.8, 4) is 0 Å². The van der Waals surface area contributed by atoms with Gasteiger partial charge in [-0.05, 0) is 18.8 Å². The average Bonchev–Trinajstić information content (AvgIpc) is 3.25. The molecule has 0 radical (unpaired) electrons. The van der Waals surface area contributed by atoms with E-state index in [2.05, 4.69) is 10.2 Å². The molecule has 0 amide bonds. The minimum Gasteiger partial charge on any atom is -0.314 e. The molecule has 3 rings (SSSR count). The van der Waals surface area contributed by atoms with Crippen LogP contribution in [0.3, 0.4) is 0 Å². The largest absolute Gasteiger partial charge is 0.314 e. The molecular formula is C14H21Cl2N3O2. The first-order valence-corrected chi connectivity index (χ1v) is 6.95. The molecule has 2 aliphatic rings. The third-order valence-electron chi connectivity index (χ3n) is 4.07. The van der Waals surface area contributed by atoms with E-state index in [4.69, 9.17) is 0 Å². The lowest BCUT2D eigenvalue weighted by molar-refractivity contribution is -0.386. The predicted octanol–water partition coefficient (Wildman–Crippen LogP) is 2.79. The number of nitro benzene ring substituents is 1. The van der Waals surface area contributed by atoms with Gasteiger partial charge in [0.25, 0.3) is 5.69 Å². The third kappa shape index (κ3) is 4.07. The summed E-state index contributed by atoms with van der Waals surface area (Å²) in [7, 11) is 0. The SMILES string of the molecule is Cl.Cl.O=[N+]([O-])c1ccccc1[C@@H](C1CC1)N1CCNCC1. The van der Waals surface area contributed by atoms with Crippen LogP contribution in [-0.2, 0) is 0 Å². The summed E-state index contributed by atoms with van der Waals surface area (Å²) in [6.07, 6.45) is 2.39. The summed E-state index contributed by atoms with van der Waals surface area (Å²) in [5.74, 6) is 0.596. The van der Waals surface area contributed by atoms with Crippen LogP contribution in [0.5, 0.6) is 0 Å². The molecule has 118 valence electrons. The Kier molecular flexibility index (Phi) is 6.87. The Bertz CT molecular complexity index is 477. The van der Waals surface area contributed by atoms with E-state index in [1.807, 2.05) is 12.1 Å². The quantitative estimate of drug-likeness (QED) is 0.679. The van der Waals surface area contributed by atoms with Gasteiger partial charge in [-0.15, -0.1) is 24.8 Å². The van der Waals surface area contributed by atoms with Gasteiger partial charge in [-0.1, -0.05) is 18.2 Å². The molecule has 21 heavy (non-hydrogen) atoms. The van der Waals surface area contributed by atoms with Crippen molar-refractivity contribution in [1.82, 2.24) is 10.2 Å². The van der Waals surface area contributed by atoms with Gasteiger partial charge in [0, 0.05) is 43.9 Å². The molecule has 7 heteroatoms. The lowest BCUT2D eigenvalue weighted by Gasteiger charge is -2.35. The van der Waals surface area contributed by atoms with Gasteiger partial charge < -0.3 is 5.32 Å². The highest BCUT2D eigenvalue weighted by molar-refractivity contribution is 5.85. The number of hydrogen-bond acceptors (Lipinski definition) is 4. The lowest BCUT2D eigenvalue weighted by Crippen LogP contribution is -2.45. The van der Waals surface area contributed by atoms with Gasteiger partial charge in [-0.3, -0.25) is 15.0 Å². The first-order valence-electron chi connectivity index (χ1n) is 6.95. The number of para-hydroxylation sites is 1. The molecule has 0 spiro atoms. The molecule has 0 aromatic heterocycles. The van der Waals surface area contributed by atoms with Crippen LogP contribution in [0.15, 0.2) is 24.3 Å². The minimum absolute atomic E-state index is 0. The second kappa shape index (κ2) is 7.94. The minimum atomic E-state index is -0.243. The zero-order chi connectivity index (χ0) is 13.2. The van der Waals surface area contributed by atoms with E-state index in [1.165, 1.54) is 12.8 Å². The van der Waals surface area contributed by atoms with Crippen LogP contribution >= 0.6 is 24.8 Å². The topological polar surface area (TPSA) is 58.4 Å². The van der Waals surface area contributed by atoms with Crippen molar-refractivity contribution in [2.24, 2.45) is 5.92 Å². The van der Waals surface area contributed by atoms with Crippen LogP contribution in [0.25, 0.3) is 0 Å². The number of rotatable bonds is 4. The second-order valence-electron chi connectivity index (χ2n) is 5.38. The van der Waals surface area contributed by atoms with E-state index >= 15 is 0 Å². The van der Waals surface area contributed by atoms with Crippen molar-refractivity contribution in [3.05, 3.63) is 39.9 Å². The summed E-state index contributed by atoms with van der Waals surface area (Å²) in [6, 6.07) is 7.46. The fourth-order valence-corrected chi connectivity index (χ4v) is 3.02. The van der Waals surface area contributed by atoms with Crippen molar-refractivity contribution < 1.29 is 4.92 Å². The van der Waals surface area contributed by atoms with E-state index in [-0.39, 0.29) is 41.5 Å². The molecule has 1 heterocycles. The van der Waals surface area contributed by atoms with Crippen LogP contribution in [0, 0.1) is 16.0 Å². The molecule has 1 aliphatic heterocycles. The van der Waals surface area contributed by atoms with Crippen LogP contribution in [0.2, 0.25) is 0 Å². The Morgan fingerprint density at radius 3 is 2.38 bits per heavy atom. The standard InChI is InChI=1S/C14H19N3O2.2ClH/c18-17(19)13-4-2-1-3-12(13)14(11-5-6-11)16-9-7-15-8-10-16;;/h1-4,11,14-15H,5-10H2;2*1H/t14-;;/m1../s1. The van der Waals surface area contributed by atoms with E-state index in [0.717, 1.165) is 31.7 Å². The molecule has 0 bridgehead atoms. The van der Waals surface area contributed by atoms with Crippen molar-refractivity contribution in [3.63, 3.8) is 0 Å². The van der Waals surface area contributed by atoms with E-state index in [9.17, 15) is 10.1 Å². The van der Waals surface area contributed by atoms with E-state index < -0.39 is 0 Å². The van der Waals surface area contributed by atoms with Crippen molar-refractivity contribution in [2.75, 3.05) is 26.2 Å². The summed E-state index contributed by atoms with van der Waals surface area (Å²) in [6.45, 7) is 3.91. The summed E-state index contributed by atoms with van der Waals surface area (Å²) in [5, 5.41) is 14.6. The highest BCUT2D eigenvalue weighted by Gasteiger charge is 2.39. The third-order valence-corrected chi connectivity index (χ3v) is 4.07. The molecule has 1 aromatic rings. The monoisotopic (exact) mass is 333 g/mol. The van der Waals surface area contributed by atoms with Gasteiger partial charge in [0.05, 0.1) is 4.92 Å². The highest BCUT2D eigenvalue weighted by Crippen LogP contribution is 2.46. The molecule has 1 saturated carbocycles. The van der Waals surface area contributed by atoms with Gasteiger partial charge in [0.15, 0.2) is 0 Å². The Balaban J connectivity index is 0.00000110. The van der Waals surface area contributed by atoms with Gasteiger partial charge in [-0.25, -0.2) is 0 Å². The average molecular weight is 334 g/mol. The Labute approximate surface area is 137 Å². The van der Waals surface area contributed by atoms with Crippen LogP contribution in [0.1, 0.15) is 24.4 Å². The number of halogens is 2. The Morgan fingerprint density at radius 2 is 1.81 bits per heavy atom. The number of piperazine rings is 1. The van der Waals surface area contributed by atoms with E-state index in [0.29, 0.717) is 5.92 Å². The lowest BCUT2D eigenvalue weighted by atomic mass is 9.98. The molecule has 1 aromatic carbocycles. The van der Waals surface area contributed by atoms with Crippen molar-refractivity contribution >= 4 is 30.5 Å². The van der Waals surface area contributed by atoms with Crippen LogP contribution < -0.4 is 5.32 Å². The smallest absolute Gasteiger partial charge is 0.274 e. The Morgan fingerprint density at radius 1 is 1.19 bits per heavy atom. The van der Waals surface area contributed by atoms with Gasteiger partial charge in [0.2, 0.25) is 0 Å². The molecule has 1 saturated heterocycles. The molecule has 0 unspecified atom stereocenters. The first-order chi connectivity index (χ1) is 9.27. The number of hydrogen-bond donors (Lipinski definition) is 1. The maximum Gasteiger partial charge on any atom is 0.274 e. The zero-order valence-electron chi connectivity index (χ0n) is 11.7. The Hall–Kier alpha value is -0.880. The maximum absolute atomic E-state index is 11.2. The number of nitrogens with zero attached hydrogens (tertiary/aromatic N) is 2. The summed E-state index contributed by atoms with van der Waals surface area (Å²) in [4.78, 5) is 13.4. The molecule has 2 fully saturated rings. The van der Waals surface area contributed by atoms with Crippen LogP contribution in [0.4, 0.5) is 5.69 Å². The fraction of sp³-hybridized carbons (Fsp3) is 0.571. The zero-order valence-corrected chi connectivity index (χ0v) is 13.4. The molecule has 1 N–H and O–H groups in total. The molecule has 1 atom stereocenters. The fourth-order valence-electron chi connectivity index (χ4n) is 3.02. The van der Waals surface area contributed by atoms with E-state index in [1.54, 1.807) is 12.1 Å². The van der Waals surface area contributed by atoms with Gasteiger partial charge in [-0.2, -0.15) is 0 Å². The normalized spacial score (nSPS) is 20.0. The van der Waals surface area contributed by atoms with Gasteiger partial charge in [0.1, 0.15) is 0 Å². The summed E-state index contributed by atoms with van der Waals surface area (Å²) >= 11 is 0.